The van der Waals surface area contributed by atoms with Crippen LogP contribution in [0.2, 0.25) is 0 Å². The van der Waals surface area contributed by atoms with Crippen LogP contribution in [0.15, 0.2) is 18.2 Å². The first-order valence-electron chi connectivity index (χ1n) is 5.37. The smallest absolute Gasteiger partial charge is 0.152 e. The van der Waals surface area contributed by atoms with Gasteiger partial charge in [0.2, 0.25) is 0 Å². The van der Waals surface area contributed by atoms with E-state index in [1.807, 2.05) is 6.92 Å². The molecule has 1 aromatic rings. The molecule has 0 spiro atoms. The molecule has 0 aromatic heterocycles. The Morgan fingerprint density at radius 3 is 2.82 bits per heavy atom. The number of ether oxygens (including phenoxy) is 1. The molecule has 0 saturated heterocycles. The Balaban J connectivity index is 3.28. The zero-order valence-corrected chi connectivity index (χ0v) is 10.6. The molecule has 17 heavy (non-hydrogen) atoms. The molecule has 0 aliphatic heterocycles. The molecule has 1 aromatic carbocycles. The molecule has 90 valence electrons. The monoisotopic (exact) mass is 251 g/mol. The molecule has 1 unspecified atom stereocenters. The van der Waals surface area contributed by atoms with Gasteiger partial charge in [-0.15, -0.1) is 11.6 Å². The zero-order chi connectivity index (χ0) is 12.8. The van der Waals surface area contributed by atoms with Crippen LogP contribution in [0.3, 0.4) is 0 Å². The molecule has 1 atom stereocenters. The second-order valence-electron chi connectivity index (χ2n) is 3.57. The standard InChI is InChI=1S/C13H14ClNO2/c1-3-17-11-6-4-5-10(7-8-15)12(11)13(14)9(2)16/h4-6,13H,3,7H2,1-2H3. The molecular formula is C13H14ClNO2. The van der Waals surface area contributed by atoms with Crippen LogP contribution >= 0.6 is 11.6 Å². The van der Waals surface area contributed by atoms with Crippen LogP contribution in [-0.2, 0) is 11.2 Å². The van der Waals surface area contributed by atoms with Gasteiger partial charge < -0.3 is 4.74 Å². The van der Waals surface area contributed by atoms with Gasteiger partial charge >= 0.3 is 0 Å². The van der Waals surface area contributed by atoms with E-state index in [9.17, 15) is 4.79 Å². The number of hydrogen-bond acceptors (Lipinski definition) is 3. The van der Waals surface area contributed by atoms with Crippen molar-refractivity contribution in [1.29, 1.82) is 5.26 Å². The van der Waals surface area contributed by atoms with Crippen molar-refractivity contribution in [3.63, 3.8) is 0 Å². The molecule has 0 heterocycles. The SMILES string of the molecule is CCOc1cccc(CC#N)c1C(Cl)C(C)=O. The summed E-state index contributed by atoms with van der Waals surface area (Å²) in [6.07, 6.45) is 0.215. The lowest BCUT2D eigenvalue weighted by Gasteiger charge is -2.16. The Hall–Kier alpha value is -1.53. The Labute approximate surface area is 106 Å². The lowest BCUT2D eigenvalue weighted by molar-refractivity contribution is -0.116. The highest BCUT2D eigenvalue weighted by atomic mass is 35.5. The number of rotatable bonds is 5. The third-order valence-corrected chi connectivity index (χ3v) is 2.86. The van der Waals surface area contributed by atoms with E-state index in [4.69, 9.17) is 21.6 Å². The lowest BCUT2D eigenvalue weighted by Crippen LogP contribution is -2.08. The summed E-state index contributed by atoms with van der Waals surface area (Å²) in [5.41, 5.74) is 1.36. The average molecular weight is 252 g/mol. The number of Topliss-reactive ketones (excluding diaryl/α,β-unsaturated/α-hetero) is 1. The van der Waals surface area contributed by atoms with Gasteiger partial charge in [0.1, 0.15) is 11.1 Å². The number of benzene rings is 1. The van der Waals surface area contributed by atoms with Crippen molar-refractivity contribution in [3.8, 4) is 11.8 Å². The van der Waals surface area contributed by atoms with E-state index >= 15 is 0 Å². The number of ketones is 1. The fraction of sp³-hybridized carbons (Fsp3) is 0.385. The van der Waals surface area contributed by atoms with E-state index in [0.717, 1.165) is 5.56 Å². The normalized spacial score (nSPS) is 11.6. The third kappa shape index (κ3) is 3.21. The van der Waals surface area contributed by atoms with Gasteiger partial charge in [0.15, 0.2) is 5.78 Å². The second-order valence-corrected chi connectivity index (χ2v) is 4.01. The number of carbonyl (C=O) groups is 1. The van der Waals surface area contributed by atoms with Gasteiger partial charge in [-0.2, -0.15) is 5.26 Å². The average Bonchev–Trinajstić information content (AvgIpc) is 2.29. The number of halogens is 1. The van der Waals surface area contributed by atoms with Crippen LogP contribution in [-0.4, -0.2) is 12.4 Å². The number of nitriles is 1. The number of carbonyl (C=O) groups excluding carboxylic acids is 1. The van der Waals surface area contributed by atoms with Crippen molar-refractivity contribution in [3.05, 3.63) is 29.3 Å². The van der Waals surface area contributed by atoms with Crippen LogP contribution in [0.25, 0.3) is 0 Å². The molecular weight excluding hydrogens is 238 g/mol. The molecule has 0 bridgehead atoms. The Kier molecular flexibility index (Phi) is 4.99. The van der Waals surface area contributed by atoms with Gasteiger partial charge in [-0.05, 0) is 25.5 Å². The van der Waals surface area contributed by atoms with Crippen molar-refractivity contribution >= 4 is 17.4 Å². The summed E-state index contributed by atoms with van der Waals surface area (Å²) in [7, 11) is 0. The largest absolute Gasteiger partial charge is 0.494 e. The van der Waals surface area contributed by atoms with E-state index in [2.05, 4.69) is 6.07 Å². The summed E-state index contributed by atoms with van der Waals surface area (Å²) in [6.45, 7) is 3.78. The van der Waals surface area contributed by atoms with E-state index in [1.54, 1.807) is 18.2 Å². The summed E-state index contributed by atoms with van der Waals surface area (Å²) in [5, 5.41) is 8.00. The molecule has 0 N–H and O–H groups in total. The van der Waals surface area contributed by atoms with Crippen molar-refractivity contribution in [2.24, 2.45) is 0 Å². The van der Waals surface area contributed by atoms with Crippen LogP contribution < -0.4 is 4.74 Å². The van der Waals surface area contributed by atoms with Crippen LogP contribution in [0.1, 0.15) is 30.4 Å². The van der Waals surface area contributed by atoms with Crippen molar-refractivity contribution in [1.82, 2.24) is 0 Å². The summed E-state index contributed by atoms with van der Waals surface area (Å²) in [6, 6.07) is 7.41. The quantitative estimate of drug-likeness (QED) is 0.756. The van der Waals surface area contributed by atoms with Gasteiger partial charge in [-0.1, -0.05) is 12.1 Å². The maximum atomic E-state index is 11.4. The molecule has 3 nitrogen and oxygen atoms in total. The predicted octanol–water partition coefficient (Wildman–Crippen LogP) is 3.02. The number of nitrogens with zero attached hydrogens (tertiary/aromatic N) is 1. The van der Waals surface area contributed by atoms with E-state index in [0.29, 0.717) is 17.9 Å². The van der Waals surface area contributed by atoms with E-state index < -0.39 is 5.38 Å². The van der Waals surface area contributed by atoms with Crippen LogP contribution in [0.5, 0.6) is 5.75 Å². The summed E-state index contributed by atoms with van der Waals surface area (Å²) in [4.78, 5) is 11.4. The molecule has 0 amide bonds. The predicted molar refractivity (Wildman–Crippen MR) is 66.2 cm³/mol. The molecule has 4 heteroatoms. The van der Waals surface area contributed by atoms with Crippen molar-refractivity contribution in [2.45, 2.75) is 25.6 Å². The summed E-state index contributed by atoms with van der Waals surface area (Å²) in [5.74, 6) is 0.424. The Bertz CT molecular complexity index is 451. The second kappa shape index (κ2) is 6.27. The minimum Gasteiger partial charge on any atom is -0.494 e. The molecule has 0 radical (unpaired) electrons. The van der Waals surface area contributed by atoms with Crippen molar-refractivity contribution in [2.75, 3.05) is 6.61 Å². The van der Waals surface area contributed by atoms with Gasteiger partial charge in [0.25, 0.3) is 0 Å². The lowest BCUT2D eigenvalue weighted by atomic mass is 9.99. The van der Waals surface area contributed by atoms with Crippen molar-refractivity contribution < 1.29 is 9.53 Å². The zero-order valence-electron chi connectivity index (χ0n) is 9.87. The van der Waals surface area contributed by atoms with E-state index in [-0.39, 0.29) is 12.2 Å². The molecule has 0 aliphatic carbocycles. The van der Waals surface area contributed by atoms with Gasteiger partial charge in [-0.25, -0.2) is 0 Å². The van der Waals surface area contributed by atoms with E-state index in [1.165, 1.54) is 6.92 Å². The van der Waals surface area contributed by atoms with Crippen LogP contribution in [0.4, 0.5) is 0 Å². The molecule has 0 fully saturated rings. The first-order chi connectivity index (χ1) is 8.11. The molecule has 1 rings (SSSR count). The van der Waals surface area contributed by atoms with Gasteiger partial charge in [-0.3, -0.25) is 4.79 Å². The number of hydrogen-bond donors (Lipinski definition) is 0. The molecule has 0 aliphatic rings. The third-order valence-electron chi connectivity index (χ3n) is 2.34. The maximum Gasteiger partial charge on any atom is 0.152 e. The fourth-order valence-electron chi connectivity index (χ4n) is 1.60. The van der Waals surface area contributed by atoms with Gasteiger partial charge in [0.05, 0.1) is 19.1 Å². The number of alkyl halides is 1. The maximum absolute atomic E-state index is 11.4. The topological polar surface area (TPSA) is 50.1 Å². The Morgan fingerprint density at radius 2 is 2.29 bits per heavy atom. The summed E-state index contributed by atoms with van der Waals surface area (Å²) >= 11 is 6.08. The highest BCUT2D eigenvalue weighted by Gasteiger charge is 2.21. The minimum atomic E-state index is -0.763. The summed E-state index contributed by atoms with van der Waals surface area (Å²) < 4.78 is 5.45. The molecule has 0 saturated carbocycles. The first-order valence-corrected chi connectivity index (χ1v) is 5.81. The first kappa shape index (κ1) is 13.5. The minimum absolute atomic E-state index is 0.155. The Morgan fingerprint density at radius 1 is 1.59 bits per heavy atom. The highest BCUT2D eigenvalue weighted by molar-refractivity contribution is 6.31. The fourth-order valence-corrected chi connectivity index (χ4v) is 1.85. The van der Waals surface area contributed by atoms with Crippen LogP contribution in [0, 0.1) is 11.3 Å². The van der Waals surface area contributed by atoms with Gasteiger partial charge in [0, 0.05) is 5.56 Å². The highest BCUT2D eigenvalue weighted by Crippen LogP contribution is 2.33.